The van der Waals surface area contributed by atoms with Gasteiger partial charge in [-0.2, -0.15) is 5.10 Å². The van der Waals surface area contributed by atoms with Crippen molar-refractivity contribution in [3.63, 3.8) is 0 Å². The molecule has 160 valence electrons. The summed E-state index contributed by atoms with van der Waals surface area (Å²) < 4.78 is 7.48. The van der Waals surface area contributed by atoms with Crippen LogP contribution in [-0.4, -0.2) is 27.3 Å². The largest absolute Gasteiger partial charge is 0.492 e. The molecule has 1 amide bonds. The first kappa shape index (κ1) is 22.0. The van der Waals surface area contributed by atoms with Crippen LogP contribution in [0.4, 0.5) is 5.69 Å². The van der Waals surface area contributed by atoms with Crippen LogP contribution in [0.1, 0.15) is 49.8 Å². The fourth-order valence-electron chi connectivity index (χ4n) is 3.34. The lowest BCUT2D eigenvalue weighted by molar-refractivity contribution is -0.115. The third kappa shape index (κ3) is 5.27. The first-order valence-corrected chi connectivity index (χ1v) is 11.3. The summed E-state index contributed by atoms with van der Waals surface area (Å²) in [4.78, 5) is 17.2. The van der Waals surface area contributed by atoms with Gasteiger partial charge in [-0.05, 0) is 57.2 Å². The van der Waals surface area contributed by atoms with Crippen molar-refractivity contribution in [1.82, 2.24) is 14.8 Å². The van der Waals surface area contributed by atoms with E-state index in [1.807, 2.05) is 41.3 Å². The molecule has 0 atom stereocenters. The van der Waals surface area contributed by atoms with E-state index in [0.29, 0.717) is 24.0 Å². The molecule has 0 radical (unpaired) electrons. The van der Waals surface area contributed by atoms with Crippen molar-refractivity contribution in [3.05, 3.63) is 52.3 Å². The summed E-state index contributed by atoms with van der Waals surface area (Å²) in [7, 11) is 0. The third-order valence-corrected chi connectivity index (χ3v) is 5.80. The fourth-order valence-corrected chi connectivity index (χ4v) is 4.17. The molecule has 2 aromatic heterocycles. The number of hydrogen-bond donors (Lipinski definition) is 1. The van der Waals surface area contributed by atoms with Crippen LogP contribution < -0.4 is 10.1 Å². The highest BCUT2D eigenvalue weighted by atomic mass is 32.1. The van der Waals surface area contributed by atoms with E-state index in [9.17, 15) is 4.79 Å². The Morgan fingerprint density at radius 3 is 2.77 bits per heavy atom. The first-order chi connectivity index (χ1) is 14.4. The summed E-state index contributed by atoms with van der Waals surface area (Å²) in [6.45, 7) is 11.1. The number of carbonyl (C=O) groups excluding carboxylic acids is 1. The third-order valence-electron chi connectivity index (χ3n) is 4.94. The molecule has 2 heterocycles. The van der Waals surface area contributed by atoms with Crippen molar-refractivity contribution in [2.75, 3.05) is 11.9 Å². The van der Waals surface area contributed by atoms with Gasteiger partial charge in [0, 0.05) is 11.1 Å². The number of benzene rings is 1. The topological polar surface area (TPSA) is 69.0 Å². The molecule has 0 fully saturated rings. The smallest absolute Gasteiger partial charge is 0.230 e. The van der Waals surface area contributed by atoms with Crippen LogP contribution >= 0.6 is 11.3 Å². The summed E-state index contributed by atoms with van der Waals surface area (Å²) in [6.07, 6.45) is 2.37. The van der Waals surface area contributed by atoms with Gasteiger partial charge in [-0.3, -0.25) is 4.79 Å². The summed E-state index contributed by atoms with van der Waals surface area (Å²) in [5.74, 6) is 1.21. The highest BCUT2D eigenvalue weighted by molar-refractivity contribution is 7.12. The monoisotopic (exact) mass is 426 g/mol. The Labute approximate surface area is 182 Å². The second kappa shape index (κ2) is 9.89. The maximum atomic E-state index is 12.5. The number of nitrogens with zero attached hydrogens (tertiary/aromatic N) is 3. The molecular formula is C23H30N4O2S. The molecule has 0 aliphatic rings. The van der Waals surface area contributed by atoms with E-state index in [0.717, 1.165) is 35.1 Å². The molecule has 7 heteroatoms. The highest BCUT2D eigenvalue weighted by Crippen LogP contribution is 2.25. The van der Waals surface area contributed by atoms with Crippen LogP contribution in [0.5, 0.6) is 5.75 Å². The fraction of sp³-hybridized carbons (Fsp3) is 0.435. The average molecular weight is 427 g/mol. The van der Waals surface area contributed by atoms with Crippen molar-refractivity contribution in [1.29, 1.82) is 0 Å². The molecule has 0 saturated carbocycles. The number of aromatic nitrogens is 3. The molecule has 6 nitrogen and oxygen atoms in total. The lowest BCUT2D eigenvalue weighted by atomic mass is 10.0. The lowest BCUT2D eigenvalue weighted by Gasteiger charge is -2.10. The minimum atomic E-state index is -0.120. The molecule has 1 aromatic carbocycles. The number of carbonyl (C=O) groups is 1. The van der Waals surface area contributed by atoms with Gasteiger partial charge in [0.05, 0.1) is 30.1 Å². The van der Waals surface area contributed by atoms with Crippen LogP contribution in [0.3, 0.4) is 0 Å². The standard InChI is InChI=1S/C23H30N4O2S/c1-6-29-21-10-8-7-9-20(21)25-22(28)13-18-14-30-23(24-18)27-17(5)19(16(4)26-27)12-11-15(2)3/h7-10,14-15H,6,11-13H2,1-5H3,(H,25,28). The Hall–Kier alpha value is -2.67. The zero-order chi connectivity index (χ0) is 21.7. The second-order valence-electron chi connectivity index (χ2n) is 7.77. The minimum absolute atomic E-state index is 0.120. The Balaban J connectivity index is 1.70. The number of para-hydroxylation sites is 2. The van der Waals surface area contributed by atoms with Gasteiger partial charge < -0.3 is 10.1 Å². The summed E-state index contributed by atoms with van der Waals surface area (Å²) in [5, 5.41) is 10.3. The van der Waals surface area contributed by atoms with E-state index in [1.165, 1.54) is 16.9 Å². The molecule has 30 heavy (non-hydrogen) atoms. The maximum Gasteiger partial charge on any atom is 0.230 e. The van der Waals surface area contributed by atoms with Gasteiger partial charge in [0.25, 0.3) is 0 Å². The van der Waals surface area contributed by atoms with Crippen molar-refractivity contribution in [2.24, 2.45) is 5.92 Å². The first-order valence-electron chi connectivity index (χ1n) is 10.4. The molecule has 0 unspecified atom stereocenters. The van der Waals surface area contributed by atoms with Gasteiger partial charge in [-0.15, -0.1) is 11.3 Å². The van der Waals surface area contributed by atoms with Gasteiger partial charge in [0.15, 0.2) is 0 Å². The van der Waals surface area contributed by atoms with Crippen LogP contribution in [-0.2, 0) is 17.6 Å². The SMILES string of the molecule is CCOc1ccccc1NC(=O)Cc1csc(-n2nc(C)c(CCC(C)C)c2C)n1. The summed E-state index contributed by atoms with van der Waals surface area (Å²) in [6, 6.07) is 7.44. The summed E-state index contributed by atoms with van der Waals surface area (Å²) >= 11 is 1.51. The number of ether oxygens (including phenoxy) is 1. The molecule has 3 rings (SSSR count). The van der Waals surface area contributed by atoms with Crippen LogP contribution in [0, 0.1) is 19.8 Å². The maximum absolute atomic E-state index is 12.5. The summed E-state index contributed by atoms with van der Waals surface area (Å²) in [5.41, 5.74) is 4.89. The molecule has 0 aliphatic heterocycles. The number of hydrogen-bond acceptors (Lipinski definition) is 5. The Morgan fingerprint density at radius 1 is 1.27 bits per heavy atom. The molecule has 3 aromatic rings. The van der Waals surface area contributed by atoms with Gasteiger partial charge in [0.2, 0.25) is 11.0 Å². The van der Waals surface area contributed by atoms with E-state index in [1.54, 1.807) is 0 Å². The Morgan fingerprint density at radius 2 is 2.03 bits per heavy atom. The van der Waals surface area contributed by atoms with Crippen molar-refractivity contribution < 1.29 is 9.53 Å². The number of aryl methyl sites for hydroxylation is 1. The molecule has 0 saturated heterocycles. The predicted molar refractivity (Wildman–Crippen MR) is 122 cm³/mol. The molecular weight excluding hydrogens is 396 g/mol. The number of thiazole rings is 1. The zero-order valence-electron chi connectivity index (χ0n) is 18.4. The minimum Gasteiger partial charge on any atom is -0.492 e. The molecule has 0 aliphatic carbocycles. The normalized spacial score (nSPS) is 11.1. The number of amides is 1. The lowest BCUT2D eigenvalue weighted by Crippen LogP contribution is -2.15. The number of anilines is 1. The molecule has 0 spiro atoms. The van der Waals surface area contributed by atoms with Gasteiger partial charge in [-0.1, -0.05) is 26.0 Å². The average Bonchev–Trinajstić information content (AvgIpc) is 3.26. The van der Waals surface area contributed by atoms with Gasteiger partial charge in [-0.25, -0.2) is 9.67 Å². The Kier molecular flexibility index (Phi) is 7.26. The Bertz CT molecular complexity index is 1010. The van der Waals surface area contributed by atoms with Crippen molar-refractivity contribution >= 4 is 22.9 Å². The van der Waals surface area contributed by atoms with Gasteiger partial charge in [0.1, 0.15) is 5.75 Å². The van der Waals surface area contributed by atoms with E-state index in [4.69, 9.17) is 9.84 Å². The van der Waals surface area contributed by atoms with Crippen molar-refractivity contribution in [2.45, 2.75) is 53.9 Å². The van der Waals surface area contributed by atoms with Crippen LogP contribution in [0.15, 0.2) is 29.6 Å². The van der Waals surface area contributed by atoms with E-state index < -0.39 is 0 Å². The second-order valence-corrected chi connectivity index (χ2v) is 8.61. The molecule has 1 N–H and O–H groups in total. The number of rotatable bonds is 9. The zero-order valence-corrected chi connectivity index (χ0v) is 19.2. The number of nitrogens with one attached hydrogen (secondary N) is 1. The van der Waals surface area contributed by atoms with Crippen LogP contribution in [0.2, 0.25) is 0 Å². The van der Waals surface area contributed by atoms with E-state index in [-0.39, 0.29) is 12.3 Å². The van der Waals surface area contributed by atoms with E-state index in [2.05, 4.69) is 38.0 Å². The van der Waals surface area contributed by atoms with E-state index >= 15 is 0 Å². The van der Waals surface area contributed by atoms with Crippen LogP contribution in [0.25, 0.3) is 5.13 Å². The van der Waals surface area contributed by atoms with Gasteiger partial charge >= 0.3 is 0 Å². The predicted octanol–water partition coefficient (Wildman–Crippen LogP) is 5.11. The molecule has 0 bridgehead atoms. The quantitative estimate of drug-likeness (QED) is 0.516. The highest BCUT2D eigenvalue weighted by Gasteiger charge is 2.17. The van der Waals surface area contributed by atoms with Crippen molar-refractivity contribution in [3.8, 4) is 10.9 Å².